The van der Waals surface area contributed by atoms with E-state index >= 15 is 0 Å². The maximum Gasteiger partial charge on any atom is 0.232 e. The quantitative estimate of drug-likeness (QED) is 0.878. The summed E-state index contributed by atoms with van der Waals surface area (Å²) in [6, 6.07) is 5.48. The molecule has 0 aliphatic carbocycles. The van der Waals surface area contributed by atoms with Gasteiger partial charge in [0.2, 0.25) is 10.0 Å². The van der Waals surface area contributed by atoms with Gasteiger partial charge in [-0.25, -0.2) is 12.8 Å². The van der Waals surface area contributed by atoms with Crippen molar-refractivity contribution in [2.45, 2.75) is 19.8 Å². The SMILES string of the molecule is CCCCS(=O)(=O)Nc1cccc(F)c1C#N. The van der Waals surface area contributed by atoms with Gasteiger partial charge in [-0.1, -0.05) is 19.4 Å². The molecule has 1 N–H and O–H groups in total. The Hall–Kier alpha value is -1.61. The molecule has 1 aromatic carbocycles. The summed E-state index contributed by atoms with van der Waals surface area (Å²) in [5.41, 5.74) is -0.295. The van der Waals surface area contributed by atoms with Crippen LogP contribution < -0.4 is 4.72 Å². The van der Waals surface area contributed by atoms with E-state index in [0.29, 0.717) is 6.42 Å². The summed E-state index contributed by atoms with van der Waals surface area (Å²) in [6.45, 7) is 1.87. The third-order valence-electron chi connectivity index (χ3n) is 2.16. The van der Waals surface area contributed by atoms with E-state index < -0.39 is 15.8 Å². The number of nitrogens with zero attached hydrogens (tertiary/aromatic N) is 1. The van der Waals surface area contributed by atoms with Gasteiger partial charge in [-0.05, 0) is 18.6 Å². The zero-order valence-electron chi connectivity index (χ0n) is 9.40. The van der Waals surface area contributed by atoms with Crippen LogP contribution in [-0.2, 0) is 10.0 Å². The Labute approximate surface area is 100 Å². The average molecular weight is 256 g/mol. The number of unbranched alkanes of at least 4 members (excludes halogenated alkanes) is 1. The van der Waals surface area contributed by atoms with Gasteiger partial charge in [0.25, 0.3) is 0 Å². The van der Waals surface area contributed by atoms with Gasteiger partial charge in [0.1, 0.15) is 17.4 Å². The lowest BCUT2D eigenvalue weighted by atomic mass is 10.2. The van der Waals surface area contributed by atoms with Crippen LogP contribution in [0.3, 0.4) is 0 Å². The largest absolute Gasteiger partial charge is 0.282 e. The third-order valence-corrected chi connectivity index (χ3v) is 3.51. The Balaban J connectivity index is 2.97. The molecule has 92 valence electrons. The lowest BCUT2D eigenvalue weighted by molar-refractivity contribution is 0.597. The molecule has 1 aromatic rings. The van der Waals surface area contributed by atoms with E-state index in [9.17, 15) is 12.8 Å². The molecule has 0 radical (unpaired) electrons. The first-order valence-electron chi connectivity index (χ1n) is 5.19. The van der Waals surface area contributed by atoms with E-state index in [-0.39, 0.29) is 17.0 Å². The molecular formula is C11H13FN2O2S. The summed E-state index contributed by atoms with van der Waals surface area (Å²) in [7, 11) is -3.51. The van der Waals surface area contributed by atoms with Crippen molar-refractivity contribution >= 4 is 15.7 Å². The van der Waals surface area contributed by atoms with E-state index in [1.165, 1.54) is 12.1 Å². The summed E-state index contributed by atoms with van der Waals surface area (Å²) < 4.78 is 38.6. The standard InChI is InChI=1S/C11H13FN2O2S/c1-2-3-7-17(15,16)14-11-6-4-5-10(12)9(11)8-13/h4-6,14H,2-3,7H2,1H3. The number of hydrogen-bond donors (Lipinski definition) is 1. The number of sulfonamides is 1. The van der Waals surface area contributed by atoms with Crippen molar-refractivity contribution in [2.75, 3.05) is 10.5 Å². The minimum Gasteiger partial charge on any atom is -0.282 e. The molecule has 1 rings (SSSR count). The average Bonchev–Trinajstić information content (AvgIpc) is 2.26. The number of anilines is 1. The van der Waals surface area contributed by atoms with Gasteiger partial charge in [0, 0.05) is 0 Å². The van der Waals surface area contributed by atoms with Crippen molar-refractivity contribution in [3.05, 3.63) is 29.6 Å². The van der Waals surface area contributed by atoms with Crippen molar-refractivity contribution < 1.29 is 12.8 Å². The number of halogens is 1. The maximum absolute atomic E-state index is 13.2. The van der Waals surface area contributed by atoms with E-state index in [1.807, 2.05) is 6.92 Å². The Kier molecular flexibility index (Phi) is 4.46. The van der Waals surface area contributed by atoms with Gasteiger partial charge in [0.05, 0.1) is 11.4 Å². The predicted octanol–water partition coefficient (Wildman–Crippen LogP) is 2.24. The van der Waals surface area contributed by atoms with Gasteiger partial charge in [-0.15, -0.1) is 0 Å². The number of hydrogen-bond acceptors (Lipinski definition) is 3. The van der Waals surface area contributed by atoms with E-state index in [2.05, 4.69) is 4.72 Å². The molecule has 0 unspecified atom stereocenters. The normalized spacial score (nSPS) is 10.9. The second-order valence-electron chi connectivity index (χ2n) is 3.55. The Bertz CT molecular complexity index is 535. The second-order valence-corrected chi connectivity index (χ2v) is 5.39. The Morgan fingerprint density at radius 3 is 2.76 bits per heavy atom. The molecule has 0 spiro atoms. The first-order chi connectivity index (χ1) is 8.00. The van der Waals surface area contributed by atoms with Gasteiger partial charge in [-0.3, -0.25) is 4.72 Å². The van der Waals surface area contributed by atoms with Crippen LogP contribution in [0.15, 0.2) is 18.2 Å². The summed E-state index contributed by atoms with van der Waals surface area (Å²) >= 11 is 0. The van der Waals surface area contributed by atoms with Crippen LogP contribution >= 0.6 is 0 Å². The summed E-state index contributed by atoms with van der Waals surface area (Å²) in [5.74, 6) is -0.770. The molecule has 0 saturated heterocycles. The van der Waals surface area contributed by atoms with Crippen molar-refractivity contribution in [1.82, 2.24) is 0 Å². The molecular weight excluding hydrogens is 243 g/mol. The van der Waals surface area contributed by atoms with E-state index in [0.717, 1.165) is 12.5 Å². The Morgan fingerprint density at radius 2 is 2.18 bits per heavy atom. The molecule has 4 nitrogen and oxygen atoms in total. The van der Waals surface area contributed by atoms with Crippen LogP contribution in [0.1, 0.15) is 25.3 Å². The van der Waals surface area contributed by atoms with Crippen LogP contribution in [0.25, 0.3) is 0 Å². The fourth-order valence-corrected chi connectivity index (χ4v) is 2.55. The van der Waals surface area contributed by atoms with Crippen molar-refractivity contribution in [3.63, 3.8) is 0 Å². The molecule has 0 saturated carbocycles. The highest BCUT2D eigenvalue weighted by Crippen LogP contribution is 2.19. The van der Waals surface area contributed by atoms with Gasteiger partial charge in [-0.2, -0.15) is 5.26 Å². The molecule has 0 bridgehead atoms. The molecule has 17 heavy (non-hydrogen) atoms. The van der Waals surface area contributed by atoms with E-state index in [1.54, 1.807) is 6.07 Å². The zero-order valence-corrected chi connectivity index (χ0v) is 10.2. The van der Waals surface area contributed by atoms with Gasteiger partial charge in [0.15, 0.2) is 0 Å². The molecule has 0 heterocycles. The number of benzene rings is 1. The minimum absolute atomic E-state index is 0.0106. The number of rotatable bonds is 5. The zero-order chi connectivity index (χ0) is 12.9. The van der Waals surface area contributed by atoms with E-state index in [4.69, 9.17) is 5.26 Å². The minimum atomic E-state index is -3.51. The fraction of sp³-hybridized carbons (Fsp3) is 0.364. The highest BCUT2D eigenvalue weighted by atomic mass is 32.2. The molecule has 0 aliphatic rings. The number of nitrogens with one attached hydrogen (secondary N) is 1. The smallest absolute Gasteiger partial charge is 0.232 e. The second kappa shape index (κ2) is 5.64. The lowest BCUT2D eigenvalue weighted by Crippen LogP contribution is -2.17. The van der Waals surface area contributed by atoms with Crippen LogP contribution in [0.2, 0.25) is 0 Å². The highest BCUT2D eigenvalue weighted by molar-refractivity contribution is 7.92. The number of nitriles is 1. The summed E-state index contributed by atoms with van der Waals surface area (Å²) in [6.07, 6.45) is 1.27. The monoisotopic (exact) mass is 256 g/mol. The van der Waals surface area contributed by atoms with Crippen molar-refractivity contribution in [1.29, 1.82) is 5.26 Å². The fourth-order valence-electron chi connectivity index (χ4n) is 1.28. The topological polar surface area (TPSA) is 70.0 Å². The molecule has 6 heteroatoms. The first-order valence-corrected chi connectivity index (χ1v) is 6.84. The third kappa shape index (κ3) is 3.71. The molecule has 0 fully saturated rings. The van der Waals surface area contributed by atoms with Crippen LogP contribution in [-0.4, -0.2) is 14.2 Å². The molecule has 0 amide bonds. The van der Waals surface area contributed by atoms with Gasteiger partial charge >= 0.3 is 0 Å². The van der Waals surface area contributed by atoms with Crippen LogP contribution in [0.4, 0.5) is 10.1 Å². The first kappa shape index (κ1) is 13.5. The van der Waals surface area contributed by atoms with Gasteiger partial charge < -0.3 is 0 Å². The molecule has 0 atom stereocenters. The summed E-state index contributed by atoms with van der Waals surface area (Å²) in [4.78, 5) is 0. The summed E-state index contributed by atoms with van der Waals surface area (Å²) in [5, 5.41) is 8.75. The maximum atomic E-state index is 13.2. The van der Waals surface area contributed by atoms with Crippen molar-refractivity contribution in [3.8, 4) is 6.07 Å². The van der Waals surface area contributed by atoms with Crippen LogP contribution in [0.5, 0.6) is 0 Å². The van der Waals surface area contributed by atoms with Crippen molar-refractivity contribution in [2.24, 2.45) is 0 Å². The lowest BCUT2D eigenvalue weighted by Gasteiger charge is -2.09. The predicted molar refractivity (Wildman–Crippen MR) is 63.4 cm³/mol. The highest BCUT2D eigenvalue weighted by Gasteiger charge is 2.14. The molecule has 0 aromatic heterocycles. The molecule has 0 aliphatic heterocycles. The van der Waals surface area contributed by atoms with Crippen LogP contribution in [0, 0.1) is 17.1 Å². The Morgan fingerprint density at radius 1 is 1.47 bits per heavy atom.